The Labute approximate surface area is 136 Å². The van der Waals surface area contributed by atoms with Crippen LogP contribution in [0.15, 0.2) is 47.3 Å². The minimum absolute atomic E-state index is 0.146. The van der Waals surface area contributed by atoms with E-state index < -0.39 is 0 Å². The van der Waals surface area contributed by atoms with E-state index in [1.54, 1.807) is 19.1 Å². The SMILES string of the molecule is Cc1ccc(C(=O)NCC(Cc2ccccc2)N(C)C)c(=O)[nH]1. The third kappa shape index (κ3) is 4.79. The topological polar surface area (TPSA) is 65.2 Å². The molecule has 1 amide bonds. The van der Waals surface area contributed by atoms with Crippen molar-refractivity contribution in [1.82, 2.24) is 15.2 Å². The van der Waals surface area contributed by atoms with Crippen LogP contribution < -0.4 is 10.9 Å². The molecular formula is C18H23N3O2. The maximum Gasteiger partial charge on any atom is 0.260 e. The quantitative estimate of drug-likeness (QED) is 0.851. The number of pyridine rings is 1. The van der Waals surface area contributed by atoms with Crippen molar-refractivity contribution in [2.75, 3.05) is 20.6 Å². The number of aromatic amines is 1. The van der Waals surface area contributed by atoms with E-state index >= 15 is 0 Å². The fourth-order valence-corrected chi connectivity index (χ4v) is 2.38. The molecule has 2 N–H and O–H groups in total. The molecule has 1 unspecified atom stereocenters. The lowest BCUT2D eigenvalue weighted by atomic mass is 10.1. The summed E-state index contributed by atoms with van der Waals surface area (Å²) in [5, 5.41) is 2.86. The molecule has 5 heteroatoms. The second-order valence-corrected chi connectivity index (χ2v) is 5.90. The van der Waals surface area contributed by atoms with Crippen molar-refractivity contribution in [2.45, 2.75) is 19.4 Å². The fourth-order valence-electron chi connectivity index (χ4n) is 2.38. The Balaban J connectivity index is 2.01. The van der Waals surface area contributed by atoms with Gasteiger partial charge in [-0.1, -0.05) is 30.3 Å². The number of carbonyl (C=O) groups excluding carboxylic acids is 1. The number of aromatic nitrogens is 1. The highest BCUT2D eigenvalue weighted by Crippen LogP contribution is 2.06. The Hall–Kier alpha value is -2.40. The van der Waals surface area contributed by atoms with Crippen molar-refractivity contribution in [1.29, 1.82) is 0 Å². The number of carbonyl (C=O) groups is 1. The van der Waals surface area contributed by atoms with Gasteiger partial charge in [-0.25, -0.2) is 0 Å². The zero-order chi connectivity index (χ0) is 16.8. The molecule has 0 spiro atoms. The number of amides is 1. The van der Waals surface area contributed by atoms with Gasteiger partial charge in [0, 0.05) is 18.3 Å². The van der Waals surface area contributed by atoms with E-state index in [9.17, 15) is 9.59 Å². The van der Waals surface area contributed by atoms with Gasteiger partial charge in [-0.05, 0) is 45.1 Å². The van der Waals surface area contributed by atoms with Crippen molar-refractivity contribution >= 4 is 5.91 Å². The molecule has 0 fully saturated rings. The third-order valence-electron chi connectivity index (χ3n) is 3.84. The van der Waals surface area contributed by atoms with Gasteiger partial charge in [-0.15, -0.1) is 0 Å². The van der Waals surface area contributed by atoms with Crippen LogP contribution in [0.25, 0.3) is 0 Å². The highest BCUT2D eigenvalue weighted by molar-refractivity contribution is 5.93. The van der Waals surface area contributed by atoms with Crippen LogP contribution in [0.5, 0.6) is 0 Å². The number of nitrogens with one attached hydrogen (secondary N) is 2. The first-order valence-corrected chi connectivity index (χ1v) is 7.66. The van der Waals surface area contributed by atoms with Crippen LogP contribution in [-0.2, 0) is 6.42 Å². The molecule has 2 aromatic rings. The highest BCUT2D eigenvalue weighted by Gasteiger charge is 2.16. The van der Waals surface area contributed by atoms with Crippen LogP contribution in [-0.4, -0.2) is 42.5 Å². The highest BCUT2D eigenvalue weighted by atomic mass is 16.2. The van der Waals surface area contributed by atoms with Crippen molar-refractivity contribution in [2.24, 2.45) is 0 Å². The summed E-state index contributed by atoms with van der Waals surface area (Å²) >= 11 is 0. The van der Waals surface area contributed by atoms with E-state index in [2.05, 4.69) is 27.3 Å². The smallest absolute Gasteiger partial charge is 0.260 e. The summed E-state index contributed by atoms with van der Waals surface area (Å²) in [5.41, 5.74) is 1.75. The molecule has 0 aliphatic carbocycles. The van der Waals surface area contributed by atoms with E-state index in [-0.39, 0.29) is 23.1 Å². The van der Waals surface area contributed by atoms with Crippen molar-refractivity contribution in [3.8, 4) is 0 Å². The third-order valence-corrected chi connectivity index (χ3v) is 3.84. The lowest BCUT2D eigenvalue weighted by molar-refractivity contribution is 0.0940. The summed E-state index contributed by atoms with van der Waals surface area (Å²) in [6.07, 6.45) is 0.832. The van der Waals surface area contributed by atoms with Gasteiger partial charge in [0.05, 0.1) is 0 Å². The average Bonchev–Trinajstić information content (AvgIpc) is 2.51. The number of aryl methyl sites for hydroxylation is 1. The number of hydrogen-bond acceptors (Lipinski definition) is 3. The molecule has 0 saturated carbocycles. The molecule has 1 aromatic heterocycles. The average molecular weight is 313 g/mol. The molecule has 5 nitrogen and oxygen atoms in total. The van der Waals surface area contributed by atoms with Gasteiger partial charge in [0.1, 0.15) is 5.56 Å². The summed E-state index contributed by atoms with van der Waals surface area (Å²) in [7, 11) is 3.97. The summed E-state index contributed by atoms with van der Waals surface area (Å²) in [4.78, 5) is 28.8. The van der Waals surface area contributed by atoms with E-state index in [0.717, 1.165) is 12.1 Å². The number of benzene rings is 1. The maximum atomic E-state index is 12.2. The number of nitrogens with zero attached hydrogens (tertiary/aromatic N) is 1. The largest absolute Gasteiger partial charge is 0.350 e. The van der Waals surface area contributed by atoms with Crippen LogP contribution in [0, 0.1) is 6.92 Å². The lowest BCUT2D eigenvalue weighted by Crippen LogP contribution is -2.42. The number of rotatable bonds is 6. The number of hydrogen-bond donors (Lipinski definition) is 2. The van der Waals surface area contributed by atoms with Gasteiger partial charge in [-0.3, -0.25) is 9.59 Å². The lowest BCUT2D eigenvalue weighted by Gasteiger charge is -2.24. The van der Waals surface area contributed by atoms with Gasteiger partial charge < -0.3 is 15.2 Å². The van der Waals surface area contributed by atoms with E-state index in [4.69, 9.17) is 0 Å². The zero-order valence-corrected chi connectivity index (χ0v) is 13.8. The van der Waals surface area contributed by atoms with Crippen LogP contribution in [0.4, 0.5) is 0 Å². The Bertz CT molecular complexity index is 708. The second kappa shape index (κ2) is 7.74. The van der Waals surface area contributed by atoms with E-state index in [0.29, 0.717) is 6.54 Å². The number of H-pyrrole nitrogens is 1. The van der Waals surface area contributed by atoms with Gasteiger partial charge in [0.15, 0.2) is 0 Å². The summed E-state index contributed by atoms with van der Waals surface area (Å²) in [6, 6.07) is 13.6. The Morgan fingerprint density at radius 1 is 1.17 bits per heavy atom. The minimum Gasteiger partial charge on any atom is -0.350 e. The number of likely N-dealkylation sites (N-methyl/N-ethyl adjacent to an activating group) is 1. The maximum absolute atomic E-state index is 12.2. The minimum atomic E-state index is -0.355. The monoisotopic (exact) mass is 313 g/mol. The van der Waals surface area contributed by atoms with Crippen molar-refractivity contribution in [3.05, 3.63) is 69.6 Å². The Kier molecular flexibility index (Phi) is 5.71. The van der Waals surface area contributed by atoms with Crippen LogP contribution in [0.3, 0.4) is 0 Å². The molecule has 0 saturated heterocycles. The van der Waals surface area contributed by atoms with Gasteiger partial charge in [-0.2, -0.15) is 0 Å². The summed E-state index contributed by atoms with van der Waals surface area (Å²) in [5.74, 6) is -0.342. The molecule has 0 radical (unpaired) electrons. The van der Waals surface area contributed by atoms with E-state index in [1.807, 2.05) is 32.3 Å². The first-order valence-electron chi connectivity index (χ1n) is 7.66. The fraction of sp³-hybridized carbons (Fsp3) is 0.333. The first-order chi connectivity index (χ1) is 11.0. The molecule has 0 aliphatic heterocycles. The van der Waals surface area contributed by atoms with Crippen molar-refractivity contribution < 1.29 is 4.79 Å². The molecule has 23 heavy (non-hydrogen) atoms. The molecule has 2 rings (SSSR count). The van der Waals surface area contributed by atoms with Crippen LogP contribution in [0.1, 0.15) is 21.6 Å². The predicted octanol–water partition coefficient (Wildman–Crippen LogP) is 1.59. The molecular weight excluding hydrogens is 290 g/mol. The standard InChI is InChI=1S/C18H23N3O2/c1-13-9-10-16(18(23)20-13)17(22)19-12-15(21(2)3)11-14-7-5-4-6-8-14/h4-10,15H,11-12H2,1-3H3,(H,19,22)(H,20,23). The van der Waals surface area contributed by atoms with Gasteiger partial charge >= 0.3 is 0 Å². The van der Waals surface area contributed by atoms with Gasteiger partial charge in [0.2, 0.25) is 0 Å². The normalized spacial score (nSPS) is 12.2. The van der Waals surface area contributed by atoms with Crippen LogP contribution in [0.2, 0.25) is 0 Å². The second-order valence-electron chi connectivity index (χ2n) is 5.90. The Morgan fingerprint density at radius 3 is 2.48 bits per heavy atom. The molecule has 122 valence electrons. The van der Waals surface area contributed by atoms with Crippen molar-refractivity contribution in [3.63, 3.8) is 0 Å². The zero-order valence-electron chi connectivity index (χ0n) is 13.8. The first kappa shape index (κ1) is 17.0. The molecule has 0 aliphatic rings. The van der Waals surface area contributed by atoms with Gasteiger partial charge in [0.25, 0.3) is 11.5 Å². The summed E-state index contributed by atoms with van der Waals surface area (Å²) in [6.45, 7) is 2.26. The molecule has 0 bridgehead atoms. The predicted molar refractivity (Wildman–Crippen MR) is 91.8 cm³/mol. The molecule has 1 heterocycles. The molecule has 1 aromatic carbocycles. The molecule has 1 atom stereocenters. The summed E-state index contributed by atoms with van der Waals surface area (Å²) < 4.78 is 0. The van der Waals surface area contributed by atoms with E-state index in [1.165, 1.54) is 5.56 Å². The Morgan fingerprint density at radius 2 is 1.87 bits per heavy atom. The van der Waals surface area contributed by atoms with Crippen LogP contribution >= 0.6 is 0 Å².